The summed E-state index contributed by atoms with van der Waals surface area (Å²) in [6.45, 7) is 6.82. The highest BCUT2D eigenvalue weighted by molar-refractivity contribution is 9.10. The second kappa shape index (κ2) is 7.20. The van der Waals surface area contributed by atoms with Gasteiger partial charge in [-0.15, -0.1) is 0 Å². The molecule has 1 unspecified atom stereocenters. The zero-order valence-corrected chi connectivity index (χ0v) is 16.5. The topological polar surface area (TPSA) is 29.5 Å². The van der Waals surface area contributed by atoms with Crippen LogP contribution in [0.15, 0.2) is 53.0 Å². The Morgan fingerprint density at radius 1 is 1.20 bits per heavy atom. The van der Waals surface area contributed by atoms with Crippen LogP contribution >= 0.6 is 15.9 Å². The van der Waals surface area contributed by atoms with E-state index in [1.54, 1.807) is 0 Å². The molecule has 0 spiro atoms. The molecule has 0 saturated carbocycles. The minimum atomic E-state index is -0.275. The summed E-state index contributed by atoms with van der Waals surface area (Å²) in [5.41, 5.74) is 3.12. The Morgan fingerprint density at radius 3 is 2.60 bits per heavy atom. The molecule has 2 aromatic rings. The number of carbonyl (C=O) groups is 1. The predicted molar refractivity (Wildman–Crippen MR) is 105 cm³/mol. The van der Waals surface area contributed by atoms with Crippen LogP contribution in [0, 0.1) is 5.41 Å². The van der Waals surface area contributed by atoms with Crippen molar-refractivity contribution in [3.05, 3.63) is 64.1 Å². The molecule has 3 nitrogen and oxygen atoms in total. The van der Waals surface area contributed by atoms with Gasteiger partial charge in [0.2, 0.25) is 0 Å². The molecule has 0 saturated heterocycles. The summed E-state index contributed by atoms with van der Waals surface area (Å²) in [4.78, 5) is 14.8. The van der Waals surface area contributed by atoms with E-state index in [-0.39, 0.29) is 24.2 Å². The van der Waals surface area contributed by atoms with E-state index in [4.69, 9.17) is 4.74 Å². The first-order valence-electron chi connectivity index (χ1n) is 8.64. The van der Waals surface area contributed by atoms with Crippen LogP contribution in [-0.2, 0) is 17.8 Å². The fourth-order valence-corrected chi connectivity index (χ4v) is 3.75. The van der Waals surface area contributed by atoms with Crippen LogP contribution in [0.5, 0.6) is 0 Å². The number of halogens is 1. The number of nitrogens with zero attached hydrogens (tertiary/aromatic N) is 1. The molecule has 0 aromatic heterocycles. The number of ether oxygens (including phenoxy) is 1. The lowest BCUT2D eigenvalue weighted by Crippen LogP contribution is -2.50. The minimum absolute atomic E-state index is 0.0220. The van der Waals surface area contributed by atoms with Crippen molar-refractivity contribution in [3.8, 4) is 0 Å². The summed E-state index contributed by atoms with van der Waals surface area (Å²) in [6, 6.07) is 16.1. The minimum Gasteiger partial charge on any atom is -0.444 e. The van der Waals surface area contributed by atoms with Crippen molar-refractivity contribution < 1.29 is 9.53 Å². The highest BCUT2D eigenvalue weighted by Gasteiger charge is 2.39. The van der Waals surface area contributed by atoms with Crippen molar-refractivity contribution in [1.29, 1.82) is 0 Å². The molecule has 0 fully saturated rings. The number of rotatable bonds is 2. The van der Waals surface area contributed by atoms with E-state index in [0.717, 1.165) is 28.6 Å². The van der Waals surface area contributed by atoms with Gasteiger partial charge < -0.3 is 4.74 Å². The van der Waals surface area contributed by atoms with E-state index in [1.165, 1.54) is 5.56 Å². The standard InChI is InChI=1S/C21H24BrNO2/c1-21(2,3)19-12-10-16-9-11-17(22)13-18(16)23(19)20(24)25-14-15-7-5-4-6-8-15/h4-9,11,13,19H,10,12,14H2,1-3H3. The molecule has 1 heterocycles. The van der Waals surface area contributed by atoms with Gasteiger partial charge in [-0.2, -0.15) is 0 Å². The lowest BCUT2D eigenvalue weighted by Gasteiger charge is -2.43. The summed E-state index contributed by atoms with van der Waals surface area (Å²) in [7, 11) is 0. The third-order valence-corrected chi connectivity index (χ3v) is 5.20. The molecular formula is C21H24BrNO2. The number of hydrogen-bond acceptors (Lipinski definition) is 2. The number of amides is 1. The molecule has 1 aliphatic rings. The van der Waals surface area contributed by atoms with E-state index < -0.39 is 0 Å². The van der Waals surface area contributed by atoms with Crippen molar-refractivity contribution in [1.82, 2.24) is 0 Å². The van der Waals surface area contributed by atoms with Gasteiger partial charge in [-0.1, -0.05) is 73.1 Å². The smallest absolute Gasteiger partial charge is 0.414 e. The quantitative estimate of drug-likeness (QED) is 0.621. The summed E-state index contributed by atoms with van der Waals surface area (Å²) in [5, 5.41) is 0. The van der Waals surface area contributed by atoms with Crippen molar-refractivity contribution >= 4 is 27.7 Å². The highest BCUT2D eigenvalue weighted by atomic mass is 79.9. The summed E-state index contributed by atoms with van der Waals surface area (Å²) in [5.74, 6) is 0. The van der Waals surface area contributed by atoms with E-state index in [2.05, 4.69) is 42.8 Å². The van der Waals surface area contributed by atoms with Gasteiger partial charge in [0, 0.05) is 10.5 Å². The maximum Gasteiger partial charge on any atom is 0.414 e. The van der Waals surface area contributed by atoms with Gasteiger partial charge in [-0.25, -0.2) is 4.79 Å². The molecule has 132 valence electrons. The highest BCUT2D eigenvalue weighted by Crippen LogP contribution is 2.39. The monoisotopic (exact) mass is 401 g/mol. The third kappa shape index (κ3) is 4.06. The van der Waals surface area contributed by atoms with Crippen LogP contribution in [0.1, 0.15) is 38.3 Å². The Kier molecular flexibility index (Phi) is 5.19. The van der Waals surface area contributed by atoms with Crippen LogP contribution in [0.2, 0.25) is 0 Å². The molecule has 0 N–H and O–H groups in total. The van der Waals surface area contributed by atoms with Crippen LogP contribution < -0.4 is 4.90 Å². The lowest BCUT2D eigenvalue weighted by molar-refractivity contribution is 0.136. The second-order valence-electron chi connectivity index (χ2n) is 7.60. The molecule has 0 bridgehead atoms. The Hall–Kier alpha value is -1.81. The molecule has 4 heteroatoms. The van der Waals surface area contributed by atoms with Crippen LogP contribution in [0.25, 0.3) is 0 Å². The molecule has 0 aliphatic carbocycles. The lowest BCUT2D eigenvalue weighted by atomic mass is 9.79. The molecule has 2 aromatic carbocycles. The average molecular weight is 402 g/mol. The van der Waals surface area contributed by atoms with E-state index in [9.17, 15) is 4.79 Å². The van der Waals surface area contributed by atoms with Crippen molar-refractivity contribution in [3.63, 3.8) is 0 Å². The SMILES string of the molecule is CC(C)(C)C1CCc2ccc(Br)cc2N1C(=O)OCc1ccccc1. The first-order chi connectivity index (χ1) is 11.9. The zero-order valence-electron chi connectivity index (χ0n) is 15.0. The van der Waals surface area contributed by atoms with Gasteiger partial charge in [0.25, 0.3) is 0 Å². The number of hydrogen-bond donors (Lipinski definition) is 0. The Morgan fingerprint density at radius 2 is 1.92 bits per heavy atom. The fraction of sp³-hybridized carbons (Fsp3) is 0.381. The normalized spacial score (nSPS) is 17.1. The Bertz CT molecular complexity index is 752. The Labute approximate surface area is 158 Å². The maximum absolute atomic E-state index is 13.0. The molecule has 25 heavy (non-hydrogen) atoms. The summed E-state index contributed by atoms with van der Waals surface area (Å²) in [6.07, 6.45) is 1.65. The van der Waals surface area contributed by atoms with Crippen molar-refractivity contribution in [2.75, 3.05) is 4.90 Å². The number of benzene rings is 2. The molecule has 1 aliphatic heterocycles. The first-order valence-corrected chi connectivity index (χ1v) is 9.44. The molecular weight excluding hydrogens is 378 g/mol. The van der Waals surface area contributed by atoms with Crippen LogP contribution in [0.3, 0.4) is 0 Å². The van der Waals surface area contributed by atoms with E-state index in [1.807, 2.05) is 47.4 Å². The second-order valence-corrected chi connectivity index (χ2v) is 8.52. The predicted octanol–water partition coefficient (Wildman–Crippen LogP) is 5.95. The number of carbonyl (C=O) groups excluding carboxylic acids is 1. The largest absolute Gasteiger partial charge is 0.444 e. The van der Waals surface area contributed by atoms with Gasteiger partial charge in [0.1, 0.15) is 6.61 Å². The third-order valence-electron chi connectivity index (χ3n) is 4.71. The van der Waals surface area contributed by atoms with E-state index in [0.29, 0.717) is 0 Å². The van der Waals surface area contributed by atoms with E-state index >= 15 is 0 Å². The van der Waals surface area contributed by atoms with Crippen LogP contribution in [0.4, 0.5) is 10.5 Å². The van der Waals surface area contributed by atoms with Gasteiger partial charge >= 0.3 is 6.09 Å². The maximum atomic E-state index is 13.0. The summed E-state index contributed by atoms with van der Waals surface area (Å²) >= 11 is 3.53. The zero-order chi connectivity index (χ0) is 18.0. The van der Waals surface area contributed by atoms with Gasteiger partial charge in [0.15, 0.2) is 0 Å². The number of fused-ring (bicyclic) bond motifs is 1. The number of anilines is 1. The molecule has 3 rings (SSSR count). The summed E-state index contributed by atoms with van der Waals surface area (Å²) < 4.78 is 6.64. The molecule has 1 amide bonds. The average Bonchev–Trinajstić information content (AvgIpc) is 2.58. The Balaban J connectivity index is 1.88. The fourth-order valence-electron chi connectivity index (χ4n) is 3.40. The number of aryl methyl sites for hydroxylation is 1. The van der Waals surface area contributed by atoms with Crippen molar-refractivity contribution in [2.45, 2.75) is 46.3 Å². The first kappa shape index (κ1) is 18.0. The molecule has 0 radical (unpaired) electrons. The van der Waals surface area contributed by atoms with Gasteiger partial charge in [-0.05, 0) is 41.5 Å². The van der Waals surface area contributed by atoms with Crippen molar-refractivity contribution in [2.24, 2.45) is 5.41 Å². The van der Waals surface area contributed by atoms with Gasteiger partial charge in [0.05, 0.1) is 5.69 Å². The van der Waals surface area contributed by atoms with Crippen LogP contribution in [-0.4, -0.2) is 12.1 Å². The van der Waals surface area contributed by atoms with Gasteiger partial charge in [-0.3, -0.25) is 4.90 Å². The molecule has 1 atom stereocenters.